The minimum atomic E-state index is -0.595. The van der Waals surface area contributed by atoms with Crippen LogP contribution in [0.3, 0.4) is 0 Å². The summed E-state index contributed by atoms with van der Waals surface area (Å²) >= 11 is 1.31. The van der Waals surface area contributed by atoms with E-state index in [1.54, 1.807) is 35.4 Å². The summed E-state index contributed by atoms with van der Waals surface area (Å²) in [6.07, 6.45) is 5.35. The zero-order valence-corrected chi connectivity index (χ0v) is 19.6. The summed E-state index contributed by atoms with van der Waals surface area (Å²) in [5.41, 5.74) is 3.64. The Morgan fingerprint density at radius 2 is 2.00 bits per heavy atom. The first-order valence-corrected chi connectivity index (χ1v) is 11.4. The summed E-state index contributed by atoms with van der Waals surface area (Å²) in [6.45, 7) is 8.07. The van der Waals surface area contributed by atoms with E-state index in [1.807, 2.05) is 37.5 Å². The lowest BCUT2D eigenvalue weighted by Crippen LogP contribution is -2.39. The summed E-state index contributed by atoms with van der Waals surface area (Å²) in [4.78, 5) is 31.6. The van der Waals surface area contributed by atoms with Crippen molar-refractivity contribution in [2.24, 2.45) is 12.0 Å². The molecule has 166 valence electrons. The third kappa shape index (κ3) is 3.98. The molecule has 1 atom stereocenters. The average molecular weight is 451 g/mol. The van der Waals surface area contributed by atoms with Gasteiger partial charge in [-0.15, -0.1) is 0 Å². The second-order valence-electron chi connectivity index (χ2n) is 8.07. The molecule has 0 saturated carbocycles. The van der Waals surface area contributed by atoms with E-state index in [0.29, 0.717) is 26.5 Å². The fourth-order valence-corrected chi connectivity index (χ4v) is 4.88. The Kier molecular flexibility index (Phi) is 5.97. The predicted octanol–water partition coefficient (Wildman–Crippen LogP) is 2.66. The largest absolute Gasteiger partial charge is 0.463 e. The Bertz CT molecular complexity index is 1370. The van der Waals surface area contributed by atoms with Gasteiger partial charge in [-0.2, -0.15) is 5.10 Å². The summed E-state index contributed by atoms with van der Waals surface area (Å²) in [5.74, 6) is -0.0689. The molecule has 0 spiro atoms. The molecule has 7 nitrogen and oxygen atoms in total. The number of aromatic nitrogens is 3. The number of thiazole rings is 1. The highest BCUT2D eigenvalue weighted by Gasteiger charge is 2.33. The van der Waals surface area contributed by atoms with Crippen LogP contribution in [0.5, 0.6) is 0 Å². The van der Waals surface area contributed by atoms with Crippen molar-refractivity contribution in [1.29, 1.82) is 0 Å². The van der Waals surface area contributed by atoms with Gasteiger partial charge in [0.25, 0.3) is 5.56 Å². The molecular weight excluding hydrogens is 424 g/mol. The minimum Gasteiger partial charge on any atom is -0.463 e. The van der Waals surface area contributed by atoms with Gasteiger partial charge in [0, 0.05) is 18.8 Å². The number of hydrogen-bond acceptors (Lipinski definition) is 6. The van der Waals surface area contributed by atoms with Crippen LogP contribution >= 0.6 is 11.3 Å². The SMILES string of the molecule is CCOC(=O)C1=C(C)N=c2s/c(=C/c3cnn(C)c3)c(=O)n2C1c1ccc(C(C)C)cc1. The van der Waals surface area contributed by atoms with Gasteiger partial charge in [-0.3, -0.25) is 14.0 Å². The van der Waals surface area contributed by atoms with Crippen LogP contribution in [-0.2, 0) is 16.6 Å². The molecule has 0 bridgehead atoms. The first-order chi connectivity index (χ1) is 15.3. The van der Waals surface area contributed by atoms with Crippen molar-refractivity contribution in [3.8, 4) is 0 Å². The Labute approximate surface area is 190 Å². The number of carbonyl (C=O) groups is 1. The van der Waals surface area contributed by atoms with E-state index < -0.39 is 12.0 Å². The van der Waals surface area contributed by atoms with Gasteiger partial charge in [-0.05, 0) is 37.0 Å². The predicted molar refractivity (Wildman–Crippen MR) is 124 cm³/mol. The molecule has 0 radical (unpaired) electrons. The number of esters is 1. The summed E-state index contributed by atoms with van der Waals surface area (Å²) < 4.78 is 9.17. The van der Waals surface area contributed by atoms with E-state index in [1.165, 1.54) is 16.9 Å². The first-order valence-electron chi connectivity index (χ1n) is 10.6. The second kappa shape index (κ2) is 8.70. The van der Waals surface area contributed by atoms with Crippen molar-refractivity contribution < 1.29 is 9.53 Å². The Morgan fingerprint density at radius 1 is 1.28 bits per heavy atom. The molecular formula is C24H26N4O3S. The van der Waals surface area contributed by atoms with Crippen molar-refractivity contribution >= 4 is 23.4 Å². The van der Waals surface area contributed by atoms with E-state index >= 15 is 0 Å². The Balaban J connectivity index is 1.93. The van der Waals surface area contributed by atoms with Crippen molar-refractivity contribution in [3.05, 3.63) is 84.3 Å². The highest BCUT2D eigenvalue weighted by molar-refractivity contribution is 7.07. The molecule has 8 heteroatoms. The molecule has 1 aromatic carbocycles. The maximum absolute atomic E-state index is 13.5. The fraction of sp³-hybridized carbons (Fsp3) is 0.333. The molecule has 3 aromatic rings. The lowest BCUT2D eigenvalue weighted by Gasteiger charge is -2.25. The third-order valence-corrected chi connectivity index (χ3v) is 6.44. The first kappa shape index (κ1) is 22.0. The monoisotopic (exact) mass is 450 g/mol. The maximum atomic E-state index is 13.5. The molecule has 0 aliphatic carbocycles. The van der Waals surface area contributed by atoms with Gasteiger partial charge in [-0.25, -0.2) is 9.79 Å². The van der Waals surface area contributed by atoms with Crippen LogP contribution in [0.2, 0.25) is 0 Å². The van der Waals surface area contributed by atoms with Crippen LogP contribution in [0.25, 0.3) is 6.08 Å². The van der Waals surface area contributed by atoms with Crippen LogP contribution < -0.4 is 14.9 Å². The highest BCUT2D eigenvalue weighted by Crippen LogP contribution is 2.31. The molecule has 32 heavy (non-hydrogen) atoms. The van der Waals surface area contributed by atoms with E-state index in [2.05, 4.69) is 23.9 Å². The lowest BCUT2D eigenvalue weighted by atomic mass is 9.93. The van der Waals surface area contributed by atoms with Crippen molar-refractivity contribution in [2.75, 3.05) is 6.61 Å². The number of benzene rings is 1. The van der Waals surface area contributed by atoms with Gasteiger partial charge in [-0.1, -0.05) is 49.4 Å². The average Bonchev–Trinajstić information content (AvgIpc) is 3.30. The molecule has 0 N–H and O–H groups in total. The molecule has 1 aliphatic heterocycles. The van der Waals surface area contributed by atoms with Crippen LogP contribution in [0, 0.1) is 0 Å². The molecule has 1 unspecified atom stereocenters. The minimum absolute atomic E-state index is 0.190. The van der Waals surface area contributed by atoms with Gasteiger partial charge in [0.2, 0.25) is 0 Å². The van der Waals surface area contributed by atoms with Crippen LogP contribution in [0.4, 0.5) is 0 Å². The van der Waals surface area contributed by atoms with Crippen molar-refractivity contribution in [1.82, 2.24) is 14.3 Å². The Hall–Kier alpha value is -3.26. The summed E-state index contributed by atoms with van der Waals surface area (Å²) in [6, 6.07) is 7.46. The Morgan fingerprint density at radius 3 is 2.59 bits per heavy atom. The topological polar surface area (TPSA) is 78.5 Å². The normalized spacial score (nSPS) is 16.3. The summed E-state index contributed by atoms with van der Waals surface area (Å²) in [5, 5.41) is 4.17. The zero-order chi connectivity index (χ0) is 23.0. The number of nitrogens with zero attached hydrogens (tertiary/aromatic N) is 4. The van der Waals surface area contributed by atoms with Gasteiger partial charge >= 0.3 is 5.97 Å². The van der Waals surface area contributed by atoms with Gasteiger partial charge < -0.3 is 4.74 Å². The second-order valence-corrected chi connectivity index (χ2v) is 9.08. The number of ether oxygens (including phenoxy) is 1. The van der Waals surface area contributed by atoms with E-state index in [4.69, 9.17) is 4.74 Å². The van der Waals surface area contributed by atoms with E-state index in [9.17, 15) is 9.59 Å². The number of rotatable bonds is 5. The van der Waals surface area contributed by atoms with Crippen LogP contribution in [-0.4, -0.2) is 26.9 Å². The van der Waals surface area contributed by atoms with Crippen LogP contribution in [0.1, 0.15) is 56.3 Å². The smallest absolute Gasteiger partial charge is 0.338 e. The number of carbonyl (C=O) groups excluding carboxylic acids is 1. The van der Waals surface area contributed by atoms with Crippen molar-refractivity contribution in [3.63, 3.8) is 0 Å². The number of hydrogen-bond donors (Lipinski definition) is 0. The van der Waals surface area contributed by atoms with Gasteiger partial charge in [0.05, 0.1) is 34.6 Å². The van der Waals surface area contributed by atoms with E-state index in [-0.39, 0.29) is 12.2 Å². The fourth-order valence-electron chi connectivity index (χ4n) is 3.84. The third-order valence-electron chi connectivity index (χ3n) is 5.46. The molecule has 2 aromatic heterocycles. The summed E-state index contributed by atoms with van der Waals surface area (Å²) in [7, 11) is 1.83. The standard InChI is InChI=1S/C24H26N4O3S/c1-6-31-23(30)20-15(4)26-24-28(21(20)18-9-7-17(8-10-18)14(2)3)22(29)19(32-24)11-16-12-25-27(5)13-16/h7-14,21H,6H2,1-5H3/b19-11+. The van der Waals surface area contributed by atoms with Crippen molar-refractivity contribution in [2.45, 2.75) is 39.7 Å². The molecule has 0 fully saturated rings. The number of allylic oxidation sites excluding steroid dienone is 1. The molecule has 0 saturated heterocycles. The number of aryl methyl sites for hydroxylation is 1. The van der Waals surface area contributed by atoms with Gasteiger partial charge in [0.15, 0.2) is 4.80 Å². The highest BCUT2D eigenvalue weighted by atomic mass is 32.1. The molecule has 1 aliphatic rings. The lowest BCUT2D eigenvalue weighted by molar-refractivity contribution is -0.139. The quantitative estimate of drug-likeness (QED) is 0.560. The zero-order valence-electron chi connectivity index (χ0n) is 18.8. The molecule has 0 amide bonds. The maximum Gasteiger partial charge on any atom is 0.338 e. The van der Waals surface area contributed by atoms with E-state index in [0.717, 1.165) is 11.1 Å². The van der Waals surface area contributed by atoms with Crippen LogP contribution in [0.15, 0.2) is 57.7 Å². The molecule has 4 rings (SSSR count). The number of fused-ring (bicyclic) bond motifs is 1. The molecule has 3 heterocycles. The van der Waals surface area contributed by atoms with Gasteiger partial charge in [0.1, 0.15) is 0 Å².